The number of rotatable bonds is 1. The van der Waals surface area contributed by atoms with E-state index >= 15 is 0 Å². The van der Waals surface area contributed by atoms with Crippen LogP contribution >= 0.6 is 0 Å². The van der Waals surface area contributed by atoms with Gasteiger partial charge < -0.3 is 4.74 Å². The molecule has 1 saturated heterocycles. The molecule has 0 spiro atoms. The smallest absolute Gasteiger partial charge is 0.0520 e. The normalized spacial score (nSPS) is 31.2. The van der Waals surface area contributed by atoms with Crippen molar-refractivity contribution in [3.05, 3.63) is 0 Å². The van der Waals surface area contributed by atoms with E-state index in [4.69, 9.17) is 4.74 Å². The predicted octanol–water partition coefficient (Wildman–Crippen LogP) is 2.85. The van der Waals surface area contributed by atoms with E-state index < -0.39 is 0 Å². The average Bonchev–Trinajstić information content (AvgIpc) is 2.42. The van der Waals surface area contributed by atoms with Gasteiger partial charge in [0.05, 0.1) is 6.61 Å². The summed E-state index contributed by atoms with van der Waals surface area (Å²) in [6.07, 6.45) is 2.51. The molecule has 1 atom stereocenters. The predicted molar refractivity (Wildman–Crippen MR) is 45.2 cm³/mol. The molecule has 62 valence electrons. The number of ether oxygens (including phenoxy) is 1. The molecule has 0 aromatic rings. The molecular formula is C9H20O. The second kappa shape index (κ2) is 4.73. The Hall–Kier alpha value is -0.0400. The van der Waals surface area contributed by atoms with Gasteiger partial charge in [0.15, 0.2) is 0 Å². The number of hydrogen-bond acceptors (Lipinski definition) is 1. The Bertz CT molecular complexity index is 72.8. The third kappa shape index (κ3) is 2.70. The van der Waals surface area contributed by atoms with Gasteiger partial charge in [-0.3, -0.25) is 0 Å². The summed E-state index contributed by atoms with van der Waals surface area (Å²) >= 11 is 0. The summed E-state index contributed by atoms with van der Waals surface area (Å²) < 4.78 is 5.25. The van der Waals surface area contributed by atoms with Crippen molar-refractivity contribution in [3.63, 3.8) is 0 Å². The Morgan fingerprint density at radius 3 is 2.20 bits per heavy atom. The molecule has 0 N–H and O–H groups in total. The van der Waals surface area contributed by atoms with Gasteiger partial charge in [-0.2, -0.15) is 0 Å². The summed E-state index contributed by atoms with van der Waals surface area (Å²) in [5.74, 6) is 0. The number of hydrogen-bond donors (Lipinski definition) is 0. The van der Waals surface area contributed by atoms with Crippen molar-refractivity contribution in [3.8, 4) is 0 Å². The van der Waals surface area contributed by atoms with Crippen LogP contribution in [-0.2, 0) is 4.74 Å². The Labute approximate surface area is 64.8 Å². The van der Waals surface area contributed by atoms with E-state index in [-0.39, 0.29) is 0 Å². The van der Waals surface area contributed by atoms with Crippen molar-refractivity contribution in [1.29, 1.82) is 0 Å². The molecule has 1 fully saturated rings. The van der Waals surface area contributed by atoms with Gasteiger partial charge in [0, 0.05) is 6.61 Å². The SMILES string of the molecule is CC.CCC1(C)CCOC1. The molecule has 0 saturated carbocycles. The quantitative estimate of drug-likeness (QED) is 0.550. The highest BCUT2D eigenvalue weighted by Crippen LogP contribution is 2.30. The zero-order valence-electron chi connectivity index (χ0n) is 7.74. The van der Waals surface area contributed by atoms with Gasteiger partial charge in [0.2, 0.25) is 0 Å². The Kier molecular flexibility index (Phi) is 4.71. The Morgan fingerprint density at radius 2 is 2.00 bits per heavy atom. The minimum atomic E-state index is 0.514. The summed E-state index contributed by atoms with van der Waals surface area (Å²) in [4.78, 5) is 0. The standard InChI is InChI=1S/C7H14O.C2H6/c1-3-7(2)4-5-8-6-7;1-2/h3-6H2,1-2H3;1-2H3. The zero-order valence-corrected chi connectivity index (χ0v) is 7.74. The van der Waals surface area contributed by atoms with E-state index in [0.717, 1.165) is 13.2 Å². The van der Waals surface area contributed by atoms with Gasteiger partial charge in [-0.25, -0.2) is 0 Å². The van der Waals surface area contributed by atoms with Crippen LogP contribution < -0.4 is 0 Å². The van der Waals surface area contributed by atoms with Crippen molar-refractivity contribution in [2.24, 2.45) is 5.41 Å². The van der Waals surface area contributed by atoms with Gasteiger partial charge in [0.25, 0.3) is 0 Å². The summed E-state index contributed by atoms with van der Waals surface area (Å²) in [5, 5.41) is 0. The largest absolute Gasteiger partial charge is 0.381 e. The summed E-state index contributed by atoms with van der Waals surface area (Å²) in [5.41, 5.74) is 0.514. The maximum absolute atomic E-state index is 5.25. The minimum Gasteiger partial charge on any atom is -0.381 e. The lowest BCUT2D eigenvalue weighted by atomic mass is 9.87. The van der Waals surface area contributed by atoms with Crippen molar-refractivity contribution < 1.29 is 4.74 Å². The fourth-order valence-electron chi connectivity index (χ4n) is 0.988. The van der Waals surface area contributed by atoms with Crippen LogP contribution in [0.3, 0.4) is 0 Å². The molecule has 1 heteroatoms. The molecule has 1 nitrogen and oxygen atoms in total. The molecule has 10 heavy (non-hydrogen) atoms. The average molecular weight is 144 g/mol. The molecule has 1 rings (SSSR count). The van der Waals surface area contributed by atoms with E-state index in [2.05, 4.69) is 13.8 Å². The van der Waals surface area contributed by atoms with Gasteiger partial charge in [0.1, 0.15) is 0 Å². The molecule has 1 aliphatic heterocycles. The molecule has 0 aliphatic carbocycles. The zero-order chi connectivity index (χ0) is 8.04. The lowest BCUT2D eigenvalue weighted by Gasteiger charge is -2.17. The maximum Gasteiger partial charge on any atom is 0.0520 e. The van der Waals surface area contributed by atoms with Gasteiger partial charge >= 0.3 is 0 Å². The molecule has 0 aromatic carbocycles. The first-order chi connectivity index (χ1) is 4.77. The second-order valence-corrected chi connectivity index (χ2v) is 2.97. The van der Waals surface area contributed by atoms with Gasteiger partial charge in [-0.05, 0) is 18.3 Å². The van der Waals surface area contributed by atoms with Crippen molar-refractivity contribution >= 4 is 0 Å². The van der Waals surface area contributed by atoms with Crippen LogP contribution in [0.2, 0.25) is 0 Å². The molecule has 0 bridgehead atoms. The maximum atomic E-state index is 5.25. The molecular weight excluding hydrogens is 124 g/mol. The second-order valence-electron chi connectivity index (χ2n) is 2.97. The summed E-state index contributed by atoms with van der Waals surface area (Å²) in [6, 6.07) is 0. The van der Waals surface area contributed by atoms with E-state index in [1.807, 2.05) is 13.8 Å². The molecule has 1 unspecified atom stereocenters. The van der Waals surface area contributed by atoms with E-state index in [1.165, 1.54) is 12.8 Å². The van der Waals surface area contributed by atoms with Crippen LogP contribution in [0.4, 0.5) is 0 Å². The van der Waals surface area contributed by atoms with Gasteiger partial charge in [-0.1, -0.05) is 27.7 Å². The highest BCUT2D eigenvalue weighted by molar-refractivity contribution is 4.75. The van der Waals surface area contributed by atoms with Crippen LogP contribution in [0, 0.1) is 5.41 Å². The summed E-state index contributed by atoms with van der Waals surface area (Å²) in [6.45, 7) is 10.5. The van der Waals surface area contributed by atoms with Crippen molar-refractivity contribution in [1.82, 2.24) is 0 Å². The first-order valence-electron chi connectivity index (χ1n) is 4.35. The third-order valence-electron chi connectivity index (χ3n) is 2.15. The molecule has 1 heterocycles. The van der Waals surface area contributed by atoms with Gasteiger partial charge in [-0.15, -0.1) is 0 Å². The van der Waals surface area contributed by atoms with Crippen LogP contribution in [0.5, 0.6) is 0 Å². The van der Waals surface area contributed by atoms with Crippen LogP contribution in [-0.4, -0.2) is 13.2 Å². The van der Waals surface area contributed by atoms with Crippen LogP contribution in [0.15, 0.2) is 0 Å². The Balaban J connectivity index is 0.000000371. The fraction of sp³-hybridized carbons (Fsp3) is 1.00. The minimum absolute atomic E-state index is 0.514. The topological polar surface area (TPSA) is 9.23 Å². The third-order valence-corrected chi connectivity index (χ3v) is 2.15. The van der Waals surface area contributed by atoms with Crippen LogP contribution in [0.25, 0.3) is 0 Å². The first kappa shape index (κ1) is 9.96. The monoisotopic (exact) mass is 144 g/mol. The molecule has 1 aliphatic rings. The lowest BCUT2D eigenvalue weighted by Crippen LogP contribution is -2.13. The lowest BCUT2D eigenvalue weighted by molar-refractivity contribution is 0.157. The molecule has 0 aromatic heterocycles. The Morgan fingerprint density at radius 1 is 1.40 bits per heavy atom. The highest BCUT2D eigenvalue weighted by Gasteiger charge is 2.26. The first-order valence-corrected chi connectivity index (χ1v) is 4.35. The highest BCUT2D eigenvalue weighted by atomic mass is 16.5. The van der Waals surface area contributed by atoms with Crippen LogP contribution in [0.1, 0.15) is 40.5 Å². The molecule has 0 amide bonds. The van der Waals surface area contributed by atoms with E-state index in [1.54, 1.807) is 0 Å². The summed E-state index contributed by atoms with van der Waals surface area (Å²) in [7, 11) is 0. The van der Waals surface area contributed by atoms with E-state index in [9.17, 15) is 0 Å². The fourth-order valence-corrected chi connectivity index (χ4v) is 0.988. The van der Waals surface area contributed by atoms with Crippen molar-refractivity contribution in [2.45, 2.75) is 40.5 Å². The van der Waals surface area contributed by atoms with E-state index in [0.29, 0.717) is 5.41 Å². The molecule has 0 radical (unpaired) electrons. The van der Waals surface area contributed by atoms with Crippen molar-refractivity contribution in [2.75, 3.05) is 13.2 Å².